The number of hydrogen-bond acceptors (Lipinski definition) is 24. The summed E-state index contributed by atoms with van der Waals surface area (Å²) in [7, 11) is -8.93. The number of amides is 1. The van der Waals surface area contributed by atoms with E-state index in [9.17, 15) is 42.9 Å². The van der Waals surface area contributed by atoms with Gasteiger partial charge in [0.25, 0.3) is 11.1 Å². The van der Waals surface area contributed by atoms with Crippen LogP contribution >= 0.6 is 27.2 Å². The Balaban J connectivity index is 0.000000111. The normalized spacial score (nSPS) is 12.5. The first-order valence-corrected chi connectivity index (χ1v) is 48.8. The van der Waals surface area contributed by atoms with Gasteiger partial charge in [-0.05, 0) is 133 Å². The lowest BCUT2D eigenvalue weighted by Gasteiger charge is -2.20. The molecule has 0 aliphatic carbocycles. The van der Waals surface area contributed by atoms with E-state index in [-0.39, 0.29) is 75.8 Å². The molecule has 0 spiro atoms. The van der Waals surface area contributed by atoms with Gasteiger partial charge in [-0.25, -0.2) is 19.1 Å². The third-order valence-corrected chi connectivity index (χ3v) is 26.0. The van der Waals surface area contributed by atoms with Crippen LogP contribution in [0.1, 0.15) is 66.4 Å². The van der Waals surface area contributed by atoms with E-state index in [1.54, 1.807) is 78.9 Å². The zero-order valence-electron chi connectivity index (χ0n) is 77.1. The number of rotatable bonds is 18. The fourth-order valence-electron chi connectivity index (χ4n) is 17.1. The number of H-pyrrole nitrogens is 1. The van der Waals surface area contributed by atoms with E-state index in [2.05, 4.69) is 40.6 Å². The largest absolute Gasteiger partial charge is 0.530 e. The molecule has 0 unspecified atom stereocenters. The minimum absolute atomic E-state index is 0.0274. The Hall–Kier alpha value is -17.5. The standard InChI is InChI=1S/C34H26NO6P.C20H14NO6P.C20H15NO4.C20H13NO3.C11H7ClO.C9H9NO3/c36-42(39-21-24-10-3-1-4-11-24,40-22-25-12-5-2-6-13-25)41-32-19-30(28-17-9-15-26-14-7-8-16-27(26)28)35-31-20-34-33(18-29(31)32)37-23-38-34;22-28(23,24)27-18-9-16(14-7-3-5-12-4-1-2-6-13(12)14)21-17-10-20-19(8-15(17)18)25-11-26-20;1-12(22)16-9-18-19(25-11-24-18)10-17(16)21-20(23)15-8-4-6-13-5-2-3-7-14(13)15;22-18-9-16(14-7-3-5-12-4-1-2-6-13(12)14)21-17-10-20-19(8-15(17)18)23-11-24-20;12-11(13)10-7-3-5-8-4-1-2-6-9(8)10;1-5(11)6-2-8-9(3-7(6)10)13-4-12-8/h1-20H,21-23H2;1-10H,11H2,(H2,22,23,24);2-10H,11H2,1H3,(H,21,23);1-10H,11H2,(H,21,22);1-7H;2-3H,4,10H2,1H3. The van der Waals surface area contributed by atoms with E-state index in [1.165, 1.54) is 19.9 Å². The number of anilines is 2. The van der Waals surface area contributed by atoms with Crippen molar-refractivity contribution in [3.63, 3.8) is 0 Å². The first kappa shape index (κ1) is 95.1. The number of halogens is 1. The summed E-state index contributed by atoms with van der Waals surface area (Å²) in [5, 5.41) is 14.2. The molecular formula is C114H84ClN5O23P2. The number of hydrogen-bond donors (Lipinski definition) is 5. The highest BCUT2D eigenvalue weighted by Gasteiger charge is 2.33. The number of ether oxygens (including phenoxy) is 10. The molecule has 1 amide bonds. The number of nitrogen functional groups attached to an aromatic ring is 1. The summed E-state index contributed by atoms with van der Waals surface area (Å²) < 4.78 is 103. The quantitative estimate of drug-likeness (QED) is 0.0230. The number of ketones is 2. The molecule has 5 aliphatic heterocycles. The molecule has 0 bridgehead atoms. The molecule has 25 rings (SSSR count). The monoisotopic (exact) mass is 1990 g/mol. The van der Waals surface area contributed by atoms with Crippen LogP contribution < -0.4 is 72.9 Å². The Morgan fingerprint density at radius 2 is 0.717 bits per heavy atom. The second-order valence-corrected chi connectivity index (χ2v) is 36.5. The number of pyridine rings is 3. The number of phosphoric acid groups is 2. The number of aromatic nitrogens is 3. The van der Waals surface area contributed by atoms with Crippen LogP contribution in [0, 0.1) is 0 Å². The molecule has 5 aliphatic rings. The smallest absolute Gasteiger partial charge is 0.454 e. The number of Topliss-reactive ketones (excluding diaryl/α,β-unsaturated/α-hetero) is 2. The number of benzene rings is 17. The van der Waals surface area contributed by atoms with Crippen molar-refractivity contribution in [2.75, 3.05) is 45.0 Å². The maximum atomic E-state index is 14.3. The molecule has 3 aromatic heterocycles. The molecule has 720 valence electrons. The predicted octanol–water partition coefficient (Wildman–Crippen LogP) is 25.5. The second kappa shape index (κ2) is 41.8. The van der Waals surface area contributed by atoms with E-state index in [1.807, 2.05) is 237 Å². The molecule has 28 nitrogen and oxygen atoms in total. The van der Waals surface area contributed by atoms with Crippen LogP contribution in [0.3, 0.4) is 0 Å². The average molecular weight is 1990 g/mol. The van der Waals surface area contributed by atoms with Gasteiger partial charge in [-0.1, -0.05) is 261 Å². The summed E-state index contributed by atoms with van der Waals surface area (Å²) in [6.45, 7) is 3.67. The minimum atomic E-state index is -4.77. The summed E-state index contributed by atoms with van der Waals surface area (Å²) in [5.41, 5.74) is 16.6. The minimum Gasteiger partial charge on any atom is -0.454 e. The van der Waals surface area contributed by atoms with Crippen LogP contribution in [0.25, 0.3) is 120 Å². The highest BCUT2D eigenvalue weighted by atomic mass is 35.5. The maximum Gasteiger partial charge on any atom is 0.530 e. The Labute approximate surface area is 831 Å². The lowest BCUT2D eigenvalue weighted by Crippen LogP contribution is -2.14. The Bertz CT molecular complexity index is 8600. The van der Waals surface area contributed by atoms with Gasteiger partial charge in [0.2, 0.25) is 34.0 Å². The van der Waals surface area contributed by atoms with Crippen molar-refractivity contribution in [1.29, 1.82) is 0 Å². The van der Waals surface area contributed by atoms with Crippen molar-refractivity contribution in [3.05, 3.63) is 395 Å². The molecule has 145 heavy (non-hydrogen) atoms. The summed E-state index contributed by atoms with van der Waals surface area (Å²) in [4.78, 5) is 91.2. The van der Waals surface area contributed by atoms with Gasteiger partial charge in [-0.2, -0.15) is 0 Å². The number of nitrogens with one attached hydrogen (secondary N) is 2. The van der Waals surface area contributed by atoms with Gasteiger partial charge in [0.15, 0.2) is 74.5 Å². The van der Waals surface area contributed by atoms with Crippen molar-refractivity contribution in [2.24, 2.45) is 0 Å². The van der Waals surface area contributed by atoms with E-state index in [0.717, 1.165) is 92.9 Å². The topological polar surface area (TPSA) is 369 Å². The van der Waals surface area contributed by atoms with Crippen LogP contribution in [-0.2, 0) is 31.4 Å². The van der Waals surface area contributed by atoms with E-state index >= 15 is 0 Å². The molecule has 20 aromatic rings. The predicted molar refractivity (Wildman–Crippen MR) is 554 cm³/mol. The van der Waals surface area contributed by atoms with Crippen LogP contribution in [0.2, 0.25) is 0 Å². The zero-order valence-corrected chi connectivity index (χ0v) is 79.7. The fourth-order valence-corrected chi connectivity index (χ4v) is 18.9. The van der Waals surface area contributed by atoms with Gasteiger partial charge in [0.05, 0.1) is 52.5 Å². The molecular weight excluding hydrogens is 1900 g/mol. The Morgan fingerprint density at radius 3 is 1.17 bits per heavy atom. The number of carbonyl (C=O) groups is 4. The molecule has 8 heterocycles. The van der Waals surface area contributed by atoms with Gasteiger partial charge in [0, 0.05) is 109 Å². The zero-order chi connectivity index (χ0) is 99.8. The SMILES string of the molecule is CC(=O)c1cc2c(cc1N)OCO2.CC(=O)c1cc2c(cc1NC(=O)c1cccc3ccccc13)OCO2.O=C(Cl)c1cccc2ccccc12.O=P(O)(O)Oc1cc(-c2cccc3ccccc23)nc2cc3c(cc12)OCO3.O=P(OCc1ccccc1)(OCc1ccccc1)Oc1cc(-c2cccc3ccccc23)nc2cc3c(cc12)OCO3.O=c1cc(-c2cccc3ccccc23)[nH]c2cc3c(cc12)OCO3. The van der Waals surface area contributed by atoms with Crippen molar-refractivity contribution < 1.29 is 104 Å². The van der Waals surface area contributed by atoms with Crippen molar-refractivity contribution in [3.8, 4) is 103 Å². The summed E-state index contributed by atoms with van der Waals surface area (Å²) in [6, 6.07) is 109. The molecule has 17 aromatic carbocycles. The highest BCUT2D eigenvalue weighted by molar-refractivity contribution is 7.49. The lowest BCUT2D eigenvalue weighted by atomic mass is 10.0. The van der Waals surface area contributed by atoms with Crippen LogP contribution in [0.15, 0.2) is 357 Å². The third kappa shape index (κ3) is 21.3. The molecule has 0 saturated heterocycles. The molecule has 0 fully saturated rings. The second-order valence-electron chi connectivity index (χ2n) is 33.4. The van der Waals surface area contributed by atoms with Crippen molar-refractivity contribution >= 4 is 148 Å². The number of nitrogens with zero attached hydrogens (tertiary/aromatic N) is 2. The highest BCUT2D eigenvalue weighted by Crippen LogP contribution is 2.55. The fraction of sp³-hybridized carbons (Fsp3) is 0.0789. The first-order chi connectivity index (χ1) is 70.5. The van der Waals surface area contributed by atoms with Gasteiger partial charge in [0.1, 0.15) is 11.5 Å². The van der Waals surface area contributed by atoms with E-state index in [4.69, 9.17) is 92.8 Å². The van der Waals surface area contributed by atoms with Crippen LogP contribution in [0.5, 0.6) is 69.0 Å². The van der Waals surface area contributed by atoms with Gasteiger partial charge < -0.3 is 72.5 Å². The molecule has 31 heteroatoms. The maximum absolute atomic E-state index is 14.3. The van der Waals surface area contributed by atoms with E-state index < -0.39 is 20.9 Å². The van der Waals surface area contributed by atoms with Crippen molar-refractivity contribution in [1.82, 2.24) is 15.0 Å². The number of phosphoric ester groups is 2. The average Bonchev–Trinajstić information content (AvgIpc) is 1.76. The molecule has 0 saturated carbocycles. The van der Waals surface area contributed by atoms with Crippen LogP contribution in [-0.4, -0.2) is 81.4 Å². The van der Waals surface area contributed by atoms with Gasteiger partial charge in [-0.3, -0.25) is 42.8 Å². The summed E-state index contributed by atoms with van der Waals surface area (Å²) in [6.07, 6.45) is 0. The Morgan fingerprint density at radius 1 is 0.366 bits per heavy atom. The lowest BCUT2D eigenvalue weighted by molar-refractivity contribution is 0.100. The number of aromatic amines is 1. The first-order valence-electron chi connectivity index (χ1n) is 45.4. The number of fused-ring (bicyclic) bond motifs is 13. The summed E-state index contributed by atoms with van der Waals surface area (Å²) in [5.74, 6) is 5.43. The molecule has 0 atom stereocenters. The van der Waals surface area contributed by atoms with Crippen LogP contribution in [0.4, 0.5) is 11.4 Å². The summed E-state index contributed by atoms with van der Waals surface area (Å²) >= 11 is 5.44. The number of carbonyl (C=O) groups excluding carboxylic acids is 4. The van der Waals surface area contributed by atoms with E-state index in [0.29, 0.717) is 135 Å². The Kier molecular flexibility index (Phi) is 27.4. The van der Waals surface area contributed by atoms with Gasteiger partial charge >= 0.3 is 15.6 Å². The van der Waals surface area contributed by atoms with Crippen molar-refractivity contribution in [2.45, 2.75) is 27.1 Å². The molecule has 0 radical (unpaired) electrons. The third-order valence-electron chi connectivity index (χ3n) is 24.1. The molecule has 6 N–H and O–H groups in total. The number of nitrogens with two attached hydrogens (primary N) is 1. The van der Waals surface area contributed by atoms with Gasteiger partial charge in [-0.15, -0.1) is 0 Å².